The van der Waals surface area contributed by atoms with E-state index in [4.69, 9.17) is 4.74 Å². The molecule has 29 heavy (non-hydrogen) atoms. The average Bonchev–Trinajstić information content (AvgIpc) is 3.32. The van der Waals surface area contributed by atoms with Gasteiger partial charge in [0.25, 0.3) is 0 Å². The maximum atomic E-state index is 12.8. The van der Waals surface area contributed by atoms with E-state index in [0.717, 1.165) is 41.0 Å². The number of hydrogen-bond donors (Lipinski definition) is 1. The molecule has 6 nitrogen and oxygen atoms in total. The summed E-state index contributed by atoms with van der Waals surface area (Å²) in [5, 5.41) is 4.08. The normalized spacial score (nSPS) is 16.4. The van der Waals surface area contributed by atoms with E-state index in [1.807, 2.05) is 42.5 Å². The zero-order valence-electron chi connectivity index (χ0n) is 16.7. The minimum absolute atomic E-state index is 0.0394. The maximum absolute atomic E-state index is 12.8. The molecule has 0 saturated carbocycles. The van der Waals surface area contributed by atoms with Gasteiger partial charge in [-0.2, -0.15) is 0 Å². The van der Waals surface area contributed by atoms with Crippen molar-refractivity contribution in [3.63, 3.8) is 0 Å². The summed E-state index contributed by atoms with van der Waals surface area (Å²) in [6.07, 6.45) is 3.36. The van der Waals surface area contributed by atoms with E-state index >= 15 is 0 Å². The monoisotopic (exact) mass is 391 g/mol. The van der Waals surface area contributed by atoms with Crippen LogP contribution < -0.4 is 15.0 Å². The van der Waals surface area contributed by atoms with Gasteiger partial charge in [-0.1, -0.05) is 6.92 Å². The van der Waals surface area contributed by atoms with Gasteiger partial charge in [-0.05, 0) is 55.0 Å². The van der Waals surface area contributed by atoms with Crippen LogP contribution in [0.3, 0.4) is 0 Å². The Bertz CT molecular complexity index is 1040. The van der Waals surface area contributed by atoms with Crippen molar-refractivity contribution in [1.82, 2.24) is 4.57 Å². The summed E-state index contributed by atoms with van der Waals surface area (Å²) in [4.78, 5) is 26.9. The second-order valence-electron chi connectivity index (χ2n) is 7.38. The van der Waals surface area contributed by atoms with Gasteiger partial charge in [0.05, 0.1) is 13.0 Å². The summed E-state index contributed by atoms with van der Waals surface area (Å²) in [7, 11) is 1.60. The first kappa shape index (κ1) is 19.1. The molecule has 150 valence electrons. The number of aromatic nitrogens is 1. The van der Waals surface area contributed by atoms with E-state index in [1.165, 1.54) is 0 Å². The van der Waals surface area contributed by atoms with Crippen molar-refractivity contribution >= 4 is 34.1 Å². The largest absolute Gasteiger partial charge is 0.497 e. The molecule has 1 aromatic heterocycles. The van der Waals surface area contributed by atoms with E-state index in [9.17, 15) is 9.59 Å². The molecule has 0 bridgehead atoms. The number of ether oxygens (including phenoxy) is 1. The van der Waals surface area contributed by atoms with E-state index in [2.05, 4.69) is 29.1 Å². The standard InChI is InChI=1S/C23H25N3O3/c1-3-11-25-12-10-16-13-18(4-9-21(16)25)24-23(28)17-14-22(27)26(15-17)19-5-7-20(29-2)8-6-19/h4-10,12-13,17H,3,11,14-15H2,1-2H3,(H,24,28). The molecule has 1 aliphatic heterocycles. The van der Waals surface area contributed by atoms with Gasteiger partial charge in [-0.15, -0.1) is 0 Å². The summed E-state index contributed by atoms with van der Waals surface area (Å²) >= 11 is 0. The summed E-state index contributed by atoms with van der Waals surface area (Å²) in [6, 6.07) is 15.3. The van der Waals surface area contributed by atoms with Gasteiger partial charge in [-0.25, -0.2) is 0 Å². The lowest BCUT2D eigenvalue weighted by molar-refractivity contribution is -0.122. The third-order valence-electron chi connectivity index (χ3n) is 5.38. The highest BCUT2D eigenvalue weighted by atomic mass is 16.5. The van der Waals surface area contributed by atoms with Gasteiger partial charge < -0.3 is 19.5 Å². The molecular weight excluding hydrogens is 366 g/mol. The summed E-state index contributed by atoms with van der Waals surface area (Å²) in [5.74, 6) is 0.201. The number of fused-ring (bicyclic) bond motifs is 1. The molecule has 1 N–H and O–H groups in total. The minimum Gasteiger partial charge on any atom is -0.497 e. The van der Waals surface area contributed by atoms with E-state index in [0.29, 0.717) is 6.54 Å². The molecule has 1 saturated heterocycles. The van der Waals surface area contributed by atoms with Gasteiger partial charge >= 0.3 is 0 Å². The lowest BCUT2D eigenvalue weighted by Gasteiger charge is -2.17. The second-order valence-corrected chi connectivity index (χ2v) is 7.38. The van der Waals surface area contributed by atoms with Gasteiger partial charge in [0.2, 0.25) is 11.8 Å². The summed E-state index contributed by atoms with van der Waals surface area (Å²) in [5.41, 5.74) is 2.70. The molecule has 6 heteroatoms. The van der Waals surface area contributed by atoms with Crippen molar-refractivity contribution < 1.29 is 14.3 Å². The number of rotatable bonds is 6. The van der Waals surface area contributed by atoms with Crippen molar-refractivity contribution in [1.29, 1.82) is 0 Å². The lowest BCUT2D eigenvalue weighted by atomic mass is 10.1. The number of carbonyl (C=O) groups excluding carboxylic acids is 2. The second kappa shape index (κ2) is 7.99. The van der Waals surface area contributed by atoms with Crippen LogP contribution in [0, 0.1) is 5.92 Å². The molecule has 2 aromatic carbocycles. The van der Waals surface area contributed by atoms with E-state index in [1.54, 1.807) is 12.0 Å². The Labute approximate surface area is 170 Å². The number of anilines is 2. The first-order valence-electron chi connectivity index (χ1n) is 9.93. The number of nitrogens with zero attached hydrogens (tertiary/aromatic N) is 2. The van der Waals surface area contributed by atoms with Crippen LogP contribution in [0.25, 0.3) is 10.9 Å². The number of nitrogens with one attached hydrogen (secondary N) is 1. The highest BCUT2D eigenvalue weighted by Crippen LogP contribution is 2.28. The predicted octanol–water partition coefficient (Wildman–Crippen LogP) is 4.05. The van der Waals surface area contributed by atoms with Crippen LogP contribution in [0.15, 0.2) is 54.7 Å². The zero-order valence-corrected chi connectivity index (χ0v) is 16.7. The number of benzene rings is 2. The Balaban J connectivity index is 1.44. The van der Waals surface area contributed by atoms with E-state index in [-0.39, 0.29) is 24.2 Å². The molecule has 1 unspecified atom stereocenters. The molecular formula is C23H25N3O3. The fraction of sp³-hybridized carbons (Fsp3) is 0.304. The van der Waals surface area contributed by atoms with Gasteiger partial charge in [-0.3, -0.25) is 9.59 Å². The molecule has 0 spiro atoms. The third kappa shape index (κ3) is 3.83. The van der Waals surface area contributed by atoms with Crippen molar-refractivity contribution in [2.75, 3.05) is 23.9 Å². The van der Waals surface area contributed by atoms with Gasteiger partial charge in [0.15, 0.2) is 0 Å². The maximum Gasteiger partial charge on any atom is 0.229 e. The van der Waals surface area contributed by atoms with E-state index < -0.39 is 0 Å². The molecule has 0 aliphatic carbocycles. The molecule has 4 rings (SSSR count). The van der Waals surface area contributed by atoms with Crippen LogP contribution in [0.2, 0.25) is 0 Å². The highest BCUT2D eigenvalue weighted by Gasteiger charge is 2.35. The first-order chi connectivity index (χ1) is 14.1. The Morgan fingerprint density at radius 3 is 2.69 bits per heavy atom. The van der Waals surface area contributed by atoms with Crippen LogP contribution in [-0.4, -0.2) is 30.0 Å². The molecule has 1 atom stereocenters. The molecule has 0 radical (unpaired) electrons. The van der Waals surface area contributed by atoms with Gasteiger partial charge in [0.1, 0.15) is 5.75 Å². The lowest BCUT2D eigenvalue weighted by Crippen LogP contribution is -2.28. The SMILES string of the molecule is CCCn1ccc2cc(NC(=O)C3CC(=O)N(c4ccc(OC)cc4)C3)ccc21. The number of aryl methyl sites for hydroxylation is 1. The molecule has 1 fully saturated rings. The number of methoxy groups -OCH3 is 1. The summed E-state index contributed by atoms with van der Waals surface area (Å²) in [6.45, 7) is 3.51. The number of hydrogen-bond acceptors (Lipinski definition) is 3. The Hall–Kier alpha value is -3.28. The van der Waals surface area contributed by atoms with Crippen molar-refractivity contribution in [3.8, 4) is 5.75 Å². The average molecular weight is 391 g/mol. The molecule has 3 aromatic rings. The molecule has 2 heterocycles. The fourth-order valence-corrected chi connectivity index (χ4v) is 3.85. The van der Waals surface area contributed by atoms with Crippen molar-refractivity contribution in [3.05, 3.63) is 54.7 Å². The Morgan fingerprint density at radius 1 is 1.17 bits per heavy atom. The molecule has 2 amide bonds. The van der Waals surface area contributed by atoms with Crippen LogP contribution >= 0.6 is 0 Å². The van der Waals surface area contributed by atoms with Crippen LogP contribution in [-0.2, 0) is 16.1 Å². The van der Waals surface area contributed by atoms with Crippen molar-refractivity contribution in [2.45, 2.75) is 26.3 Å². The number of amides is 2. The first-order valence-corrected chi connectivity index (χ1v) is 9.93. The zero-order chi connectivity index (χ0) is 20.4. The fourth-order valence-electron chi connectivity index (χ4n) is 3.85. The topological polar surface area (TPSA) is 63.6 Å². The number of carbonyl (C=O) groups is 2. The smallest absolute Gasteiger partial charge is 0.229 e. The Kier molecular flexibility index (Phi) is 5.25. The predicted molar refractivity (Wildman–Crippen MR) is 114 cm³/mol. The van der Waals surface area contributed by atoms with Crippen LogP contribution in [0.1, 0.15) is 19.8 Å². The van der Waals surface area contributed by atoms with Crippen LogP contribution in [0.5, 0.6) is 5.75 Å². The van der Waals surface area contributed by atoms with Crippen LogP contribution in [0.4, 0.5) is 11.4 Å². The summed E-state index contributed by atoms with van der Waals surface area (Å²) < 4.78 is 7.37. The highest BCUT2D eigenvalue weighted by molar-refractivity contribution is 6.04. The van der Waals surface area contributed by atoms with Gasteiger partial charge in [0, 0.05) is 48.0 Å². The Morgan fingerprint density at radius 2 is 1.97 bits per heavy atom. The third-order valence-corrected chi connectivity index (χ3v) is 5.38. The van der Waals surface area contributed by atoms with Crippen molar-refractivity contribution in [2.24, 2.45) is 5.92 Å². The molecule has 1 aliphatic rings. The minimum atomic E-state index is -0.370. The quantitative estimate of drug-likeness (QED) is 0.689.